The highest BCUT2D eigenvalue weighted by atomic mass is 35.5. The predicted octanol–water partition coefficient (Wildman–Crippen LogP) is 4.72. The Morgan fingerprint density at radius 2 is 1.84 bits per heavy atom. The van der Waals surface area contributed by atoms with Gasteiger partial charge in [-0.2, -0.15) is 17.5 Å². The molecule has 2 rings (SSSR count). The average molecular weight is 479 g/mol. The molecular formula is C20H22ClF3N2O4S. The van der Waals surface area contributed by atoms with Gasteiger partial charge in [-0.3, -0.25) is 4.79 Å². The predicted molar refractivity (Wildman–Crippen MR) is 112 cm³/mol. The number of halogens is 4. The lowest BCUT2D eigenvalue weighted by Crippen LogP contribution is -2.37. The summed E-state index contributed by atoms with van der Waals surface area (Å²) in [7, 11) is -4.01. The number of hydrogen-bond acceptors (Lipinski definition) is 4. The number of nitrogens with zero attached hydrogens (tertiary/aromatic N) is 1. The van der Waals surface area contributed by atoms with E-state index in [0.29, 0.717) is 24.0 Å². The molecule has 0 atom stereocenters. The van der Waals surface area contributed by atoms with Crippen molar-refractivity contribution in [3.63, 3.8) is 0 Å². The normalized spacial score (nSPS) is 12.1. The van der Waals surface area contributed by atoms with E-state index in [0.717, 1.165) is 10.4 Å². The Hall–Kier alpha value is -2.30. The molecule has 0 aliphatic rings. The smallest absolute Gasteiger partial charge is 0.417 e. The van der Waals surface area contributed by atoms with Gasteiger partial charge in [0.15, 0.2) is 0 Å². The van der Waals surface area contributed by atoms with Crippen LogP contribution in [0.25, 0.3) is 0 Å². The Balaban J connectivity index is 2.20. The van der Waals surface area contributed by atoms with Crippen LogP contribution in [0.3, 0.4) is 0 Å². The average Bonchev–Trinajstić information content (AvgIpc) is 2.68. The van der Waals surface area contributed by atoms with Gasteiger partial charge < -0.3 is 10.1 Å². The van der Waals surface area contributed by atoms with Crippen LogP contribution in [0.4, 0.5) is 18.9 Å². The largest absolute Gasteiger partial charge is 0.494 e. The van der Waals surface area contributed by atoms with Crippen molar-refractivity contribution in [3.05, 3.63) is 52.5 Å². The second-order valence-electron chi connectivity index (χ2n) is 6.53. The molecule has 2 aromatic rings. The van der Waals surface area contributed by atoms with Crippen LogP contribution in [0.15, 0.2) is 41.3 Å². The third-order valence-electron chi connectivity index (χ3n) is 4.31. The van der Waals surface area contributed by atoms with Gasteiger partial charge in [-0.05, 0) is 55.8 Å². The molecule has 31 heavy (non-hydrogen) atoms. The van der Waals surface area contributed by atoms with E-state index >= 15 is 0 Å². The molecule has 0 spiro atoms. The van der Waals surface area contributed by atoms with Crippen molar-refractivity contribution >= 4 is 33.2 Å². The maximum atomic E-state index is 13.0. The van der Waals surface area contributed by atoms with E-state index in [9.17, 15) is 26.4 Å². The summed E-state index contributed by atoms with van der Waals surface area (Å²) in [6, 6.07) is 7.26. The van der Waals surface area contributed by atoms with E-state index in [2.05, 4.69) is 5.32 Å². The van der Waals surface area contributed by atoms with E-state index < -0.39 is 39.2 Å². The number of likely N-dealkylation sites (N-methyl/N-ethyl adjacent to an activating group) is 1. The number of aryl methyl sites for hydroxylation is 1. The Morgan fingerprint density at radius 1 is 1.16 bits per heavy atom. The molecule has 0 saturated heterocycles. The number of nitrogens with one attached hydrogen (secondary N) is 1. The molecule has 0 bridgehead atoms. The van der Waals surface area contributed by atoms with Gasteiger partial charge in [-0.15, -0.1) is 0 Å². The number of anilines is 1. The molecule has 1 N–H and O–H groups in total. The molecule has 0 aliphatic carbocycles. The standard InChI is InChI=1S/C20H22ClF3N2O4S/c1-4-26(31(28,29)15-7-9-18(30-5-2)13(3)10-15)12-19(27)25-14-6-8-17(21)16(11-14)20(22,23)24/h6-11H,4-5,12H2,1-3H3,(H,25,27). The van der Waals surface area contributed by atoms with Crippen LogP contribution in [0.5, 0.6) is 5.75 Å². The fourth-order valence-corrected chi connectivity index (χ4v) is 4.51. The third kappa shape index (κ3) is 6.11. The molecule has 0 aromatic heterocycles. The topological polar surface area (TPSA) is 75.7 Å². The first-order chi connectivity index (χ1) is 14.4. The molecular weight excluding hydrogens is 457 g/mol. The summed E-state index contributed by atoms with van der Waals surface area (Å²) >= 11 is 5.57. The highest BCUT2D eigenvalue weighted by Crippen LogP contribution is 2.36. The number of rotatable bonds is 8. The van der Waals surface area contributed by atoms with Gasteiger partial charge in [-0.1, -0.05) is 18.5 Å². The van der Waals surface area contributed by atoms with Crippen molar-refractivity contribution in [1.82, 2.24) is 4.31 Å². The van der Waals surface area contributed by atoms with E-state index in [-0.39, 0.29) is 17.1 Å². The minimum Gasteiger partial charge on any atom is -0.494 e. The van der Waals surface area contributed by atoms with Crippen LogP contribution in [-0.4, -0.2) is 38.3 Å². The first-order valence-electron chi connectivity index (χ1n) is 9.30. The Labute approximate surface area is 184 Å². The second-order valence-corrected chi connectivity index (χ2v) is 8.88. The number of sulfonamides is 1. The summed E-state index contributed by atoms with van der Waals surface area (Å²) in [6.45, 7) is 4.89. The van der Waals surface area contributed by atoms with Crippen molar-refractivity contribution in [2.75, 3.05) is 25.0 Å². The van der Waals surface area contributed by atoms with Crippen molar-refractivity contribution in [2.24, 2.45) is 0 Å². The van der Waals surface area contributed by atoms with E-state index in [1.165, 1.54) is 24.3 Å². The minimum absolute atomic E-state index is 0.0174. The van der Waals surface area contributed by atoms with Gasteiger partial charge in [0.25, 0.3) is 0 Å². The summed E-state index contributed by atoms with van der Waals surface area (Å²) < 4.78 is 71.2. The summed E-state index contributed by atoms with van der Waals surface area (Å²) in [5.74, 6) is -0.242. The van der Waals surface area contributed by atoms with Crippen molar-refractivity contribution < 1.29 is 31.1 Å². The number of hydrogen-bond donors (Lipinski definition) is 1. The Kier molecular flexibility index (Phi) is 7.96. The van der Waals surface area contributed by atoms with Crippen molar-refractivity contribution in [1.29, 1.82) is 0 Å². The molecule has 0 heterocycles. The Bertz CT molecular complexity index is 1060. The van der Waals surface area contributed by atoms with Gasteiger partial charge in [0, 0.05) is 12.2 Å². The molecule has 170 valence electrons. The molecule has 6 nitrogen and oxygen atoms in total. The molecule has 2 aromatic carbocycles. The molecule has 11 heteroatoms. The lowest BCUT2D eigenvalue weighted by atomic mass is 10.2. The zero-order valence-corrected chi connectivity index (χ0v) is 18.7. The quantitative estimate of drug-likeness (QED) is 0.596. The van der Waals surface area contributed by atoms with Crippen LogP contribution in [0, 0.1) is 6.92 Å². The lowest BCUT2D eigenvalue weighted by molar-refractivity contribution is -0.137. The lowest BCUT2D eigenvalue weighted by Gasteiger charge is -2.21. The van der Waals surface area contributed by atoms with Gasteiger partial charge in [0.05, 0.1) is 28.6 Å². The van der Waals surface area contributed by atoms with Crippen LogP contribution in [0.1, 0.15) is 25.0 Å². The maximum Gasteiger partial charge on any atom is 0.417 e. The monoisotopic (exact) mass is 478 g/mol. The van der Waals surface area contributed by atoms with Gasteiger partial charge in [0.2, 0.25) is 15.9 Å². The highest BCUT2D eigenvalue weighted by molar-refractivity contribution is 7.89. The highest BCUT2D eigenvalue weighted by Gasteiger charge is 2.33. The second kappa shape index (κ2) is 9.88. The molecule has 0 saturated carbocycles. The minimum atomic E-state index is -4.69. The first-order valence-corrected chi connectivity index (χ1v) is 11.1. The van der Waals surface area contributed by atoms with Crippen LogP contribution >= 0.6 is 11.6 Å². The fraction of sp³-hybridized carbons (Fsp3) is 0.350. The van der Waals surface area contributed by atoms with Crippen molar-refractivity contribution in [3.8, 4) is 5.75 Å². The van der Waals surface area contributed by atoms with Gasteiger partial charge in [0.1, 0.15) is 5.75 Å². The summed E-state index contributed by atoms with van der Waals surface area (Å²) in [4.78, 5) is 12.3. The van der Waals surface area contributed by atoms with E-state index in [1.54, 1.807) is 20.8 Å². The van der Waals surface area contributed by atoms with Crippen molar-refractivity contribution in [2.45, 2.75) is 31.8 Å². The molecule has 0 unspecified atom stereocenters. The van der Waals surface area contributed by atoms with Crippen LogP contribution < -0.4 is 10.1 Å². The molecule has 0 aliphatic heterocycles. The summed E-state index contributed by atoms with van der Waals surface area (Å²) in [5, 5.41) is 1.78. The maximum absolute atomic E-state index is 13.0. The molecule has 1 amide bonds. The number of carbonyl (C=O) groups is 1. The summed E-state index contributed by atoms with van der Waals surface area (Å²) in [5.41, 5.74) is -0.631. The van der Waals surface area contributed by atoms with E-state index in [1.807, 2.05) is 0 Å². The first kappa shape index (κ1) is 25.0. The summed E-state index contributed by atoms with van der Waals surface area (Å²) in [6.07, 6.45) is -4.69. The van der Waals surface area contributed by atoms with Gasteiger partial charge >= 0.3 is 6.18 Å². The number of carbonyl (C=O) groups excluding carboxylic acids is 1. The number of benzene rings is 2. The zero-order chi connectivity index (χ0) is 23.4. The fourth-order valence-electron chi connectivity index (χ4n) is 2.80. The van der Waals surface area contributed by atoms with Crippen LogP contribution in [0.2, 0.25) is 5.02 Å². The number of ether oxygens (including phenoxy) is 1. The molecule has 0 radical (unpaired) electrons. The molecule has 0 fully saturated rings. The Morgan fingerprint density at radius 3 is 2.39 bits per heavy atom. The van der Waals surface area contributed by atoms with Crippen LogP contribution in [-0.2, 0) is 21.0 Å². The SMILES string of the molecule is CCOc1ccc(S(=O)(=O)N(CC)CC(=O)Nc2ccc(Cl)c(C(F)(F)F)c2)cc1C. The number of amides is 1. The zero-order valence-electron chi connectivity index (χ0n) is 17.1. The van der Waals surface area contributed by atoms with E-state index in [4.69, 9.17) is 16.3 Å². The third-order valence-corrected chi connectivity index (χ3v) is 6.56. The van der Waals surface area contributed by atoms with Gasteiger partial charge in [-0.25, -0.2) is 8.42 Å². The number of alkyl halides is 3.